The van der Waals surface area contributed by atoms with Crippen molar-refractivity contribution >= 4 is 22.0 Å². The lowest BCUT2D eigenvalue weighted by Gasteiger charge is -2.33. The van der Waals surface area contributed by atoms with Crippen LogP contribution in [0.1, 0.15) is 32.8 Å². The Bertz CT molecular complexity index is 1150. The number of carbonyl (C=O) groups is 2. The number of ether oxygens (including phenoxy) is 2. The van der Waals surface area contributed by atoms with E-state index in [1.807, 2.05) is 0 Å². The summed E-state index contributed by atoms with van der Waals surface area (Å²) in [7, 11) is -2.74. The number of hydrogen-bond donors (Lipinski definition) is 2. The Morgan fingerprint density at radius 1 is 1.14 bits per heavy atom. The number of nitrogens with one attached hydrogen (secondary N) is 1. The Kier molecular flexibility index (Phi) is 8.59. The van der Waals surface area contributed by atoms with E-state index in [0.29, 0.717) is 17.7 Å². The molecule has 11 heteroatoms. The lowest BCUT2D eigenvalue weighted by molar-refractivity contribution is -0.135. The van der Waals surface area contributed by atoms with Gasteiger partial charge in [0.25, 0.3) is 5.91 Å². The van der Waals surface area contributed by atoms with E-state index in [2.05, 4.69) is 0 Å². The molecular formula is C25H33N3O7S. The SMILES string of the molecule is COc1ccc(S(=O)(=O)N(Cc2ccccc2)C(C(=O)NO)C2CCN(C(=O)OC(C)(C)C)C2)cc1. The third-order valence-electron chi connectivity index (χ3n) is 5.86. The van der Waals surface area contributed by atoms with Gasteiger partial charge in [-0.3, -0.25) is 10.0 Å². The van der Waals surface area contributed by atoms with Gasteiger partial charge in [-0.1, -0.05) is 30.3 Å². The maximum atomic E-state index is 13.9. The summed E-state index contributed by atoms with van der Waals surface area (Å²) in [4.78, 5) is 27.0. The van der Waals surface area contributed by atoms with Gasteiger partial charge in [-0.05, 0) is 57.0 Å². The molecule has 0 saturated carbocycles. The minimum Gasteiger partial charge on any atom is -0.497 e. The Balaban J connectivity index is 2.00. The number of sulfonamides is 1. The molecule has 3 rings (SSSR count). The number of hydrogen-bond acceptors (Lipinski definition) is 7. The Morgan fingerprint density at radius 2 is 1.78 bits per heavy atom. The van der Waals surface area contributed by atoms with Gasteiger partial charge >= 0.3 is 6.09 Å². The Labute approximate surface area is 211 Å². The molecule has 0 bridgehead atoms. The van der Waals surface area contributed by atoms with Crippen LogP contribution in [-0.4, -0.2) is 66.7 Å². The van der Waals surface area contributed by atoms with E-state index in [4.69, 9.17) is 9.47 Å². The van der Waals surface area contributed by atoms with Gasteiger partial charge in [-0.25, -0.2) is 18.7 Å². The van der Waals surface area contributed by atoms with Crippen molar-refractivity contribution in [1.82, 2.24) is 14.7 Å². The molecule has 0 aliphatic carbocycles. The quantitative estimate of drug-likeness (QED) is 0.406. The van der Waals surface area contributed by atoms with Gasteiger partial charge in [0.05, 0.1) is 12.0 Å². The van der Waals surface area contributed by atoms with E-state index in [1.165, 1.54) is 36.3 Å². The van der Waals surface area contributed by atoms with E-state index < -0.39 is 39.6 Å². The van der Waals surface area contributed by atoms with Crippen LogP contribution in [0.2, 0.25) is 0 Å². The van der Waals surface area contributed by atoms with Crippen LogP contribution in [0.5, 0.6) is 5.75 Å². The lowest BCUT2D eigenvalue weighted by Crippen LogP contribution is -2.53. The van der Waals surface area contributed by atoms with Gasteiger partial charge in [0.1, 0.15) is 17.4 Å². The summed E-state index contributed by atoms with van der Waals surface area (Å²) in [5, 5.41) is 9.57. The van der Waals surface area contributed by atoms with Gasteiger partial charge in [-0.15, -0.1) is 0 Å². The topological polar surface area (TPSA) is 125 Å². The second-order valence-corrected chi connectivity index (χ2v) is 11.5. The average molecular weight is 520 g/mol. The van der Waals surface area contributed by atoms with E-state index in [-0.39, 0.29) is 24.5 Å². The zero-order valence-corrected chi connectivity index (χ0v) is 21.7. The number of hydroxylamine groups is 1. The van der Waals surface area contributed by atoms with Crippen molar-refractivity contribution in [2.75, 3.05) is 20.2 Å². The third kappa shape index (κ3) is 6.54. The summed E-state index contributed by atoms with van der Waals surface area (Å²) in [6.45, 7) is 5.53. The minimum atomic E-state index is -4.21. The van der Waals surface area contributed by atoms with Crippen molar-refractivity contribution in [3.63, 3.8) is 0 Å². The highest BCUT2D eigenvalue weighted by Gasteiger charge is 2.44. The minimum absolute atomic E-state index is 0.0306. The normalized spacial score (nSPS) is 17.1. The molecule has 2 aromatic rings. The monoisotopic (exact) mass is 519 g/mol. The second-order valence-electron chi connectivity index (χ2n) is 9.61. The zero-order chi connectivity index (χ0) is 26.5. The van der Waals surface area contributed by atoms with Gasteiger partial charge < -0.3 is 14.4 Å². The lowest BCUT2D eigenvalue weighted by atomic mass is 9.98. The predicted molar refractivity (Wildman–Crippen MR) is 132 cm³/mol. The highest BCUT2D eigenvalue weighted by atomic mass is 32.2. The maximum Gasteiger partial charge on any atom is 0.410 e. The number of nitrogens with zero attached hydrogens (tertiary/aromatic N) is 2. The smallest absolute Gasteiger partial charge is 0.410 e. The first-order valence-electron chi connectivity index (χ1n) is 11.6. The molecule has 2 aromatic carbocycles. The molecule has 0 spiro atoms. The van der Waals surface area contributed by atoms with Gasteiger partial charge in [0.15, 0.2) is 0 Å². The zero-order valence-electron chi connectivity index (χ0n) is 20.9. The first kappa shape index (κ1) is 27.4. The molecule has 2 atom stereocenters. The summed E-state index contributed by atoms with van der Waals surface area (Å²) >= 11 is 0. The van der Waals surface area contributed by atoms with Crippen LogP contribution in [0, 0.1) is 5.92 Å². The summed E-state index contributed by atoms with van der Waals surface area (Å²) < 4.78 is 39.4. The number of likely N-dealkylation sites (tertiary alicyclic amines) is 1. The van der Waals surface area contributed by atoms with Gasteiger partial charge in [0.2, 0.25) is 10.0 Å². The van der Waals surface area contributed by atoms with E-state index in [9.17, 15) is 23.2 Å². The van der Waals surface area contributed by atoms with Crippen LogP contribution in [0.15, 0.2) is 59.5 Å². The number of benzene rings is 2. The number of carbonyl (C=O) groups excluding carboxylic acids is 2. The second kappa shape index (κ2) is 11.3. The molecule has 1 aliphatic rings. The molecule has 2 unspecified atom stereocenters. The van der Waals surface area contributed by atoms with Crippen molar-refractivity contribution in [1.29, 1.82) is 0 Å². The van der Waals surface area contributed by atoms with E-state index >= 15 is 0 Å². The molecule has 10 nitrogen and oxygen atoms in total. The van der Waals surface area contributed by atoms with Gasteiger partial charge in [0, 0.05) is 25.6 Å². The van der Waals surface area contributed by atoms with E-state index in [0.717, 1.165) is 4.31 Å². The molecule has 196 valence electrons. The molecule has 1 saturated heterocycles. The highest BCUT2D eigenvalue weighted by molar-refractivity contribution is 7.89. The van der Waals surface area contributed by atoms with Crippen molar-refractivity contribution in [2.24, 2.45) is 5.92 Å². The van der Waals surface area contributed by atoms with Crippen LogP contribution < -0.4 is 10.2 Å². The highest BCUT2D eigenvalue weighted by Crippen LogP contribution is 2.31. The number of rotatable bonds is 8. The van der Waals surface area contributed by atoms with Crippen LogP contribution in [0.25, 0.3) is 0 Å². The number of methoxy groups -OCH3 is 1. The molecule has 2 amide bonds. The molecular weight excluding hydrogens is 486 g/mol. The van der Waals surface area contributed by atoms with Crippen molar-refractivity contribution in [2.45, 2.75) is 50.3 Å². The van der Waals surface area contributed by atoms with Crippen LogP contribution in [0.3, 0.4) is 0 Å². The molecule has 1 fully saturated rings. The van der Waals surface area contributed by atoms with Crippen molar-refractivity contribution < 1.29 is 32.7 Å². The summed E-state index contributed by atoms with van der Waals surface area (Å²) in [5.74, 6) is -0.975. The third-order valence-corrected chi connectivity index (χ3v) is 7.70. The van der Waals surface area contributed by atoms with Gasteiger partial charge in [-0.2, -0.15) is 4.31 Å². The van der Waals surface area contributed by atoms with Crippen LogP contribution >= 0.6 is 0 Å². The predicted octanol–water partition coefficient (Wildman–Crippen LogP) is 3.02. The molecule has 0 radical (unpaired) electrons. The Hall–Kier alpha value is -3.15. The molecule has 2 N–H and O–H groups in total. The Morgan fingerprint density at radius 3 is 2.33 bits per heavy atom. The average Bonchev–Trinajstić information content (AvgIpc) is 3.33. The first-order valence-corrected chi connectivity index (χ1v) is 13.0. The summed E-state index contributed by atoms with van der Waals surface area (Å²) in [6.07, 6.45) is -0.193. The molecule has 1 aliphatic heterocycles. The van der Waals surface area contributed by atoms with Crippen molar-refractivity contribution in [3.8, 4) is 5.75 Å². The summed E-state index contributed by atoms with van der Waals surface area (Å²) in [6, 6.07) is 13.4. The standard InChI is InChI=1S/C25H33N3O7S/c1-25(2,3)35-24(30)27-15-14-19(17-27)22(23(29)26-31)28(16-18-8-6-5-7-9-18)36(32,33)21-12-10-20(34-4)11-13-21/h5-13,19,22,31H,14-17H2,1-4H3,(H,26,29). The fourth-order valence-electron chi connectivity index (χ4n) is 4.16. The summed E-state index contributed by atoms with van der Waals surface area (Å²) in [5.41, 5.74) is 1.59. The van der Waals surface area contributed by atoms with E-state index in [1.54, 1.807) is 56.6 Å². The molecule has 0 aromatic heterocycles. The van der Waals surface area contributed by atoms with Crippen LogP contribution in [0.4, 0.5) is 4.79 Å². The van der Waals surface area contributed by atoms with Crippen LogP contribution in [-0.2, 0) is 26.1 Å². The molecule has 36 heavy (non-hydrogen) atoms. The molecule has 1 heterocycles. The first-order chi connectivity index (χ1) is 17.0. The fourth-order valence-corrected chi connectivity index (χ4v) is 5.80. The largest absolute Gasteiger partial charge is 0.497 e. The number of amides is 2. The maximum absolute atomic E-state index is 13.9. The fraction of sp³-hybridized carbons (Fsp3) is 0.440. The van der Waals surface area contributed by atoms with Crippen molar-refractivity contribution in [3.05, 3.63) is 60.2 Å².